The largest absolute Gasteiger partial charge is 0.530 e. The highest BCUT2D eigenvalue weighted by Gasteiger charge is 2.03. The fourth-order valence-electron chi connectivity index (χ4n) is 1.04. The quantitative estimate of drug-likeness (QED) is 0.723. The van der Waals surface area contributed by atoms with Gasteiger partial charge in [0.1, 0.15) is 6.09 Å². The number of hydrogen-bond donors (Lipinski definition) is 0. The van der Waals surface area contributed by atoms with E-state index in [1.165, 1.54) is 0 Å². The molecule has 0 N–H and O–H groups in total. The lowest BCUT2D eigenvalue weighted by molar-refractivity contribution is -0.246. The van der Waals surface area contributed by atoms with Crippen molar-refractivity contribution in [2.45, 2.75) is 6.92 Å². The number of rotatable bonds is 2. The van der Waals surface area contributed by atoms with Crippen molar-refractivity contribution in [1.29, 1.82) is 0 Å². The third kappa shape index (κ3) is 2.36. The number of carboxylic acid groups (broad SMARTS) is 1. The van der Waals surface area contributed by atoms with Gasteiger partial charge >= 0.3 is 0 Å². The van der Waals surface area contributed by atoms with Gasteiger partial charge in [-0.3, -0.25) is 0 Å². The predicted molar refractivity (Wildman–Crippen MR) is 49.9 cm³/mol. The number of benzene rings is 1. The molecular weight excluding hydrogens is 190 g/mol. The molecule has 0 aliphatic heterocycles. The third-order valence-corrected chi connectivity index (χ3v) is 1.93. The Balaban J connectivity index is 2.92. The molecule has 1 aromatic carbocycles. The molecule has 1 amide bonds. The molecule has 0 fully saturated rings. The molecular formula is C9H9ClNO2-. The van der Waals surface area contributed by atoms with Crippen LogP contribution in [0.1, 0.15) is 6.92 Å². The summed E-state index contributed by atoms with van der Waals surface area (Å²) >= 11 is 5.66. The average molecular weight is 199 g/mol. The van der Waals surface area contributed by atoms with Crippen LogP contribution in [-0.4, -0.2) is 12.6 Å². The van der Waals surface area contributed by atoms with Crippen LogP contribution in [0.2, 0.25) is 5.02 Å². The SMILES string of the molecule is CCN(C(=O)[O-])c1ccc(Cl)cc1. The highest BCUT2D eigenvalue weighted by Crippen LogP contribution is 2.17. The molecule has 1 aromatic rings. The molecule has 0 saturated carbocycles. The summed E-state index contributed by atoms with van der Waals surface area (Å²) in [6.45, 7) is 2.11. The number of amides is 1. The van der Waals surface area contributed by atoms with Gasteiger partial charge in [0.05, 0.1) is 0 Å². The first-order chi connectivity index (χ1) is 6.15. The Morgan fingerprint density at radius 1 is 1.46 bits per heavy atom. The van der Waals surface area contributed by atoms with Gasteiger partial charge in [0.2, 0.25) is 0 Å². The van der Waals surface area contributed by atoms with Gasteiger partial charge in [0.25, 0.3) is 0 Å². The Morgan fingerprint density at radius 2 is 2.00 bits per heavy atom. The molecule has 0 saturated heterocycles. The monoisotopic (exact) mass is 198 g/mol. The van der Waals surface area contributed by atoms with Crippen LogP contribution in [0.5, 0.6) is 0 Å². The van der Waals surface area contributed by atoms with Crippen LogP contribution in [0.3, 0.4) is 0 Å². The van der Waals surface area contributed by atoms with E-state index in [1.54, 1.807) is 31.2 Å². The normalized spacial score (nSPS) is 9.69. The van der Waals surface area contributed by atoms with E-state index in [9.17, 15) is 9.90 Å². The Bertz CT molecular complexity index is 297. The van der Waals surface area contributed by atoms with Gasteiger partial charge in [-0.1, -0.05) is 11.6 Å². The Kier molecular flexibility index (Phi) is 3.14. The first-order valence-electron chi connectivity index (χ1n) is 3.89. The number of hydrogen-bond acceptors (Lipinski definition) is 2. The van der Waals surface area contributed by atoms with Gasteiger partial charge in [-0.25, -0.2) is 0 Å². The summed E-state index contributed by atoms with van der Waals surface area (Å²) in [5, 5.41) is 11.2. The molecule has 4 heteroatoms. The Hall–Kier alpha value is -1.22. The van der Waals surface area contributed by atoms with Gasteiger partial charge in [-0.15, -0.1) is 0 Å². The van der Waals surface area contributed by atoms with Gasteiger partial charge in [-0.05, 0) is 31.2 Å². The lowest BCUT2D eigenvalue weighted by atomic mass is 10.3. The smallest absolute Gasteiger partial charge is 0.141 e. The zero-order valence-electron chi connectivity index (χ0n) is 7.16. The molecule has 3 nitrogen and oxygen atoms in total. The highest BCUT2D eigenvalue weighted by molar-refractivity contribution is 6.30. The third-order valence-electron chi connectivity index (χ3n) is 1.67. The van der Waals surface area contributed by atoms with Crippen molar-refractivity contribution >= 4 is 23.4 Å². The van der Waals surface area contributed by atoms with E-state index in [0.717, 1.165) is 4.90 Å². The molecule has 13 heavy (non-hydrogen) atoms. The fourth-order valence-corrected chi connectivity index (χ4v) is 1.16. The Morgan fingerprint density at radius 3 is 2.38 bits per heavy atom. The fraction of sp³-hybridized carbons (Fsp3) is 0.222. The summed E-state index contributed by atoms with van der Waals surface area (Å²) < 4.78 is 0. The number of carbonyl (C=O) groups is 1. The van der Waals surface area contributed by atoms with Crippen molar-refractivity contribution in [3.8, 4) is 0 Å². The van der Waals surface area contributed by atoms with Crippen LogP contribution < -0.4 is 10.0 Å². The topological polar surface area (TPSA) is 43.4 Å². The minimum Gasteiger partial charge on any atom is -0.530 e. The van der Waals surface area contributed by atoms with Crippen molar-refractivity contribution in [2.75, 3.05) is 11.4 Å². The number of carbonyl (C=O) groups excluding carboxylic acids is 1. The van der Waals surface area contributed by atoms with E-state index in [0.29, 0.717) is 17.3 Å². The predicted octanol–water partition coefficient (Wildman–Crippen LogP) is 1.51. The maximum atomic E-state index is 10.6. The maximum Gasteiger partial charge on any atom is 0.141 e. The van der Waals surface area contributed by atoms with Gasteiger partial charge in [0.15, 0.2) is 0 Å². The van der Waals surface area contributed by atoms with E-state index < -0.39 is 6.09 Å². The molecule has 0 radical (unpaired) electrons. The molecule has 0 bridgehead atoms. The van der Waals surface area contributed by atoms with E-state index in [-0.39, 0.29) is 0 Å². The zero-order chi connectivity index (χ0) is 9.84. The molecule has 0 spiro atoms. The maximum absolute atomic E-state index is 10.6. The number of nitrogens with zero attached hydrogens (tertiary/aromatic N) is 1. The van der Waals surface area contributed by atoms with E-state index >= 15 is 0 Å². The van der Waals surface area contributed by atoms with Crippen LogP contribution in [0.25, 0.3) is 0 Å². The molecule has 0 atom stereocenters. The van der Waals surface area contributed by atoms with Crippen LogP contribution in [-0.2, 0) is 0 Å². The summed E-state index contributed by atoms with van der Waals surface area (Å²) in [4.78, 5) is 11.7. The van der Waals surface area contributed by atoms with Crippen molar-refractivity contribution in [1.82, 2.24) is 0 Å². The van der Waals surface area contributed by atoms with Crippen LogP contribution in [0.15, 0.2) is 24.3 Å². The van der Waals surface area contributed by atoms with Crippen molar-refractivity contribution < 1.29 is 9.90 Å². The second-order valence-electron chi connectivity index (χ2n) is 2.49. The zero-order valence-corrected chi connectivity index (χ0v) is 7.91. The van der Waals surface area contributed by atoms with Crippen molar-refractivity contribution in [3.05, 3.63) is 29.3 Å². The lowest BCUT2D eigenvalue weighted by Crippen LogP contribution is -2.41. The molecule has 1 rings (SSSR count). The summed E-state index contributed by atoms with van der Waals surface area (Å²) in [5.74, 6) is 0. The van der Waals surface area contributed by atoms with Crippen LogP contribution in [0.4, 0.5) is 10.5 Å². The molecule has 0 aliphatic rings. The summed E-state index contributed by atoms with van der Waals surface area (Å²) in [6.07, 6.45) is -1.20. The van der Waals surface area contributed by atoms with Crippen molar-refractivity contribution in [3.63, 3.8) is 0 Å². The molecule has 0 aliphatic carbocycles. The summed E-state index contributed by atoms with van der Waals surface area (Å²) in [7, 11) is 0. The van der Waals surface area contributed by atoms with Gasteiger partial charge < -0.3 is 14.8 Å². The van der Waals surface area contributed by atoms with Crippen LogP contribution >= 0.6 is 11.6 Å². The molecule has 0 aromatic heterocycles. The minimum absolute atomic E-state index is 0.365. The minimum atomic E-state index is -1.20. The van der Waals surface area contributed by atoms with Crippen LogP contribution in [0, 0.1) is 0 Å². The van der Waals surface area contributed by atoms with Crippen molar-refractivity contribution in [2.24, 2.45) is 0 Å². The molecule has 0 unspecified atom stereocenters. The summed E-state index contributed by atoms with van der Waals surface area (Å²) in [6, 6.07) is 6.56. The van der Waals surface area contributed by atoms with Gasteiger partial charge in [0, 0.05) is 17.3 Å². The summed E-state index contributed by atoms with van der Waals surface area (Å²) in [5.41, 5.74) is 0.576. The number of anilines is 1. The Labute approximate surface area is 81.5 Å². The van der Waals surface area contributed by atoms with Gasteiger partial charge in [-0.2, -0.15) is 0 Å². The first kappa shape index (κ1) is 9.86. The van der Waals surface area contributed by atoms with E-state index in [1.807, 2.05) is 0 Å². The second kappa shape index (κ2) is 4.14. The first-order valence-corrected chi connectivity index (χ1v) is 4.27. The average Bonchev–Trinajstić information content (AvgIpc) is 2.09. The lowest BCUT2D eigenvalue weighted by Gasteiger charge is -2.23. The molecule has 70 valence electrons. The number of halogens is 1. The second-order valence-corrected chi connectivity index (χ2v) is 2.92. The van der Waals surface area contributed by atoms with E-state index in [2.05, 4.69) is 0 Å². The molecule has 0 heterocycles. The standard InChI is InChI=1S/C9H10ClNO2/c1-2-11(9(12)13)8-5-3-7(10)4-6-8/h3-6H,2H2,1H3,(H,12,13)/p-1. The van der Waals surface area contributed by atoms with E-state index in [4.69, 9.17) is 11.6 Å². The highest BCUT2D eigenvalue weighted by atomic mass is 35.5.